The van der Waals surface area contributed by atoms with E-state index >= 15 is 0 Å². The lowest BCUT2D eigenvalue weighted by Crippen LogP contribution is -2.66. The number of aliphatic hydroxyl groups excluding tert-OH is 1. The van der Waals surface area contributed by atoms with E-state index in [1.807, 2.05) is 80.5 Å². The molecule has 1 heterocycles. The van der Waals surface area contributed by atoms with Gasteiger partial charge in [-0.3, -0.25) is 47.9 Å². The molecule has 22 nitrogen and oxygen atoms in total. The fraction of sp³-hybridized carbons (Fsp3) is 0.786. The number of likely N-dealkylation sites (tertiary alicyclic amines) is 1. The van der Waals surface area contributed by atoms with Gasteiger partial charge in [0, 0.05) is 32.1 Å². The number of hydrogen-bond donors (Lipinski definition) is 10. The van der Waals surface area contributed by atoms with Gasteiger partial charge in [-0.15, -0.1) is 0 Å². The SMILES string of the molecule is CCCC[C@H](NC(=O)[C@@H]1CCCN1C(=O)/C=C/[C@@H](C)CC)C(=O)N[C@H](C(=O)NC(C)(C)C(=O)N[C@@H](CC(C)C)C(=O)N[C@@H](CC(C)C)C(=O)NC(C)(C)C(=O)NC(C)(C)C(=O)NCCC(=O)N[C@@H](C)CN(C)C)[C@H](O)C(C)C. The van der Waals surface area contributed by atoms with E-state index in [9.17, 15) is 53.1 Å². The van der Waals surface area contributed by atoms with Crippen molar-refractivity contribution in [3.8, 4) is 0 Å². The van der Waals surface area contributed by atoms with Crippen molar-refractivity contribution in [3.63, 3.8) is 0 Å². The van der Waals surface area contributed by atoms with E-state index in [1.54, 1.807) is 13.8 Å². The number of unbranched alkanes of at least 4 members (excludes halogenated alkanes) is 1. The van der Waals surface area contributed by atoms with Crippen LogP contribution >= 0.6 is 0 Å². The van der Waals surface area contributed by atoms with Crippen molar-refractivity contribution >= 4 is 59.1 Å². The summed E-state index contributed by atoms with van der Waals surface area (Å²) in [5.74, 6) is -6.84. The predicted molar refractivity (Wildman–Crippen MR) is 301 cm³/mol. The molecule has 22 heteroatoms. The molecule has 0 aromatic carbocycles. The van der Waals surface area contributed by atoms with E-state index < -0.39 is 106 Å². The van der Waals surface area contributed by atoms with Crippen LogP contribution in [0.5, 0.6) is 0 Å². The summed E-state index contributed by atoms with van der Waals surface area (Å²) in [4.78, 5) is 140. The highest BCUT2D eigenvalue weighted by Gasteiger charge is 2.42. The topological polar surface area (TPSA) is 306 Å². The molecule has 10 N–H and O–H groups in total. The summed E-state index contributed by atoms with van der Waals surface area (Å²) in [6, 6.07) is -6.02. The Labute approximate surface area is 465 Å². The lowest BCUT2D eigenvalue weighted by Gasteiger charge is -2.34. The Kier molecular flexibility index (Phi) is 29.3. The second-order valence-electron chi connectivity index (χ2n) is 24.2. The van der Waals surface area contributed by atoms with E-state index in [1.165, 1.54) is 52.5 Å². The number of amides is 10. The molecular formula is C56H101N11O11. The summed E-state index contributed by atoms with van der Waals surface area (Å²) in [7, 11) is 3.78. The van der Waals surface area contributed by atoms with Crippen molar-refractivity contribution in [2.45, 2.75) is 228 Å². The second kappa shape index (κ2) is 32.4. The Balaban J connectivity index is 3.25. The van der Waals surface area contributed by atoms with Gasteiger partial charge in [0.2, 0.25) is 59.1 Å². The summed E-state index contributed by atoms with van der Waals surface area (Å²) >= 11 is 0. The number of likely N-dealkylation sites (N-methyl/N-ethyl adjacent to an activating group) is 1. The summed E-state index contributed by atoms with van der Waals surface area (Å²) in [6.07, 6.45) is 5.38. The molecule has 446 valence electrons. The molecule has 1 aliphatic heterocycles. The van der Waals surface area contributed by atoms with Gasteiger partial charge in [-0.2, -0.15) is 0 Å². The van der Waals surface area contributed by atoms with Crippen LogP contribution in [0.4, 0.5) is 0 Å². The molecule has 10 amide bonds. The highest BCUT2D eigenvalue weighted by molar-refractivity contribution is 6.00. The lowest BCUT2D eigenvalue weighted by molar-refractivity contribution is -0.140. The number of aliphatic hydroxyl groups is 1. The van der Waals surface area contributed by atoms with Crippen LogP contribution in [-0.2, 0) is 47.9 Å². The van der Waals surface area contributed by atoms with Crippen molar-refractivity contribution in [1.29, 1.82) is 0 Å². The van der Waals surface area contributed by atoms with Crippen LogP contribution in [0.2, 0.25) is 0 Å². The molecule has 1 rings (SSSR count). The molecule has 1 fully saturated rings. The maximum Gasteiger partial charge on any atom is 0.246 e. The van der Waals surface area contributed by atoms with Crippen molar-refractivity contribution in [1.82, 2.24) is 57.7 Å². The first kappa shape index (κ1) is 70.4. The molecule has 78 heavy (non-hydrogen) atoms. The van der Waals surface area contributed by atoms with Crippen LogP contribution in [0, 0.1) is 23.7 Å². The van der Waals surface area contributed by atoms with Gasteiger partial charge in [0.1, 0.15) is 46.8 Å². The van der Waals surface area contributed by atoms with Gasteiger partial charge in [0.05, 0.1) is 6.10 Å². The third kappa shape index (κ3) is 24.2. The predicted octanol–water partition coefficient (Wildman–Crippen LogP) is 2.08. The third-order valence-corrected chi connectivity index (χ3v) is 13.5. The first-order valence-corrected chi connectivity index (χ1v) is 28.1. The summed E-state index contributed by atoms with van der Waals surface area (Å²) in [6.45, 7) is 28.1. The van der Waals surface area contributed by atoms with Gasteiger partial charge < -0.3 is 62.8 Å². The van der Waals surface area contributed by atoms with Gasteiger partial charge in [-0.25, -0.2) is 0 Å². The molecule has 0 aromatic heterocycles. The van der Waals surface area contributed by atoms with E-state index in [4.69, 9.17) is 0 Å². The van der Waals surface area contributed by atoms with Crippen LogP contribution in [0.1, 0.15) is 169 Å². The average Bonchev–Trinajstić information content (AvgIpc) is 3.82. The minimum Gasteiger partial charge on any atom is -0.390 e. The highest BCUT2D eigenvalue weighted by atomic mass is 16.3. The van der Waals surface area contributed by atoms with Gasteiger partial charge in [-0.1, -0.05) is 87.7 Å². The molecule has 0 unspecified atom stereocenters. The summed E-state index contributed by atoms with van der Waals surface area (Å²) in [5.41, 5.74) is -4.81. The van der Waals surface area contributed by atoms with E-state index in [0.717, 1.165) is 6.42 Å². The fourth-order valence-corrected chi connectivity index (χ4v) is 8.53. The number of allylic oxidation sites excluding steroid dienone is 1. The van der Waals surface area contributed by atoms with Gasteiger partial charge in [0.25, 0.3) is 0 Å². The zero-order valence-electron chi connectivity index (χ0n) is 50.4. The molecule has 0 spiro atoms. The standard InChI is InChI=1S/C56H101N11O11/c1-19-21-23-38(59-49(74)41-24-22-29-67(41)43(69)26-25-36(9)20-2)46(71)62-44(45(70)35(7)8)50(75)64-55(13,14)52(77)61-39(30-33(3)4)47(72)60-40(31-34(5)6)48(73)63-56(15,16)53(78)65-54(11,12)51(76)57-28-27-42(68)58-37(10)32-66(17)18/h25-26,33-41,44-45,70H,19-24,27-32H2,1-18H3,(H,57,76)(H,58,68)(H,59,74)(H,60,72)(H,61,77)(H,62,71)(H,63,73)(H,64,75)(H,65,78)/b26-25+/t36-,37-,38-,39-,40-,41-,44-,45+/m0/s1. The summed E-state index contributed by atoms with van der Waals surface area (Å²) < 4.78 is 0. The first-order valence-electron chi connectivity index (χ1n) is 28.1. The number of carbonyl (C=O) groups excluding carboxylic acids is 10. The zero-order chi connectivity index (χ0) is 60.0. The quantitative estimate of drug-likeness (QED) is 0.0423. The van der Waals surface area contributed by atoms with Gasteiger partial charge in [-0.05, 0) is 124 Å². The van der Waals surface area contributed by atoms with Crippen LogP contribution in [0.15, 0.2) is 12.2 Å². The Morgan fingerprint density at radius 2 is 1.19 bits per heavy atom. The van der Waals surface area contributed by atoms with Crippen LogP contribution in [-0.4, -0.2) is 167 Å². The lowest BCUT2D eigenvalue weighted by atomic mass is 9.95. The molecule has 1 saturated heterocycles. The molecule has 8 atom stereocenters. The second-order valence-corrected chi connectivity index (χ2v) is 24.2. The Hall–Kier alpha value is -5.64. The monoisotopic (exact) mass is 1100 g/mol. The molecule has 0 aliphatic carbocycles. The smallest absolute Gasteiger partial charge is 0.246 e. The molecular weight excluding hydrogens is 1000 g/mol. The Bertz CT molecular complexity index is 2070. The normalized spacial score (nSPS) is 16.9. The van der Waals surface area contributed by atoms with Crippen molar-refractivity contribution < 1.29 is 53.1 Å². The van der Waals surface area contributed by atoms with Gasteiger partial charge in [0.15, 0.2) is 0 Å². The average molecular weight is 1100 g/mol. The van der Waals surface area contributed by atoms with E-state index in [2.05, 4.69) is 47.9 Å². The van der Waals surface area contributed by atoms with Crippen molar-refractivity contribution in [2.75, 3.05) is 33.7 Å². The van der Waals surface area contributed by atoms with E-state index in [-0.39, 0.29) is 67.8 Å². The van der Waals surface area contributed by atoms with Crippen LogP contribution < -0.4 is 47.9 Å². The zero-order valence-corrected chi connectivity index (χ0v) is 50.4. The van der Waals surface area contributed by atoms with Crippen LogP contribution in [0.25, 0.3) is 0 Å². The molecule has 0 radical (unpaired) electrons. The number of carbonyl (C=O) groups is 10. The summed E-state index contributed by atoms with van der Waals surface area (Å²) in [5, 5.41) is 35.8. The molecule has 0 bridgehead atoms. The molecule has 0 aromatic rings. The number of nitrogens with one attached hydrogen (secondary N) is 9. The van der Waals surface area contributed by atoms with Gasteiger partial charge >= 0.3 is 0 Å². The molecule has 1 aliphatic rings. The minimum absolute atomic E-state index is 0.0209. The first-order chi connectivity index (χ1) is 36.0. The molecule has 0 saturated carbocycles. The number of rotatable bonds is 33. The van der Waals surface area contributed by atoms with Crippen molar-refractivity contribution in [3.05, 3.63) is 12.2 Å². The van der Waals surface area contributed by atoms with Crippen molar-refractivity contribution in [2.24, 2.45) is 23.7 Å². The number of nitrogens with zero attached hydrogens (tertiary/aromatic N) is 2. The minimum atomic E-state index is -1.75. The highest BCUT2D eigenvalue weighted by Crippen LogP contribution is 2.20. The number of hydrogen-bond acceptors (Lipinski definition) is 12. The maximum absolute atomic E-state index is 14.2. The third-order valence-electron chi connectivity index (χ3n) is 13.5. The van der Waals surface area contributed by atoms with E-state index in [0.29, 0.717) is 38.8 Å². The fourth-order valence-electron chi connectivity index (χ4n) is 8.53. The van der Waals surface area contributed by atoms with Crippen LogP contribution in [0.3, 0.4) is 0 Å². The Morgan fingerprint density at radius 3 is 1.73 bits per heavy atom. The Morgan fingerprint density at radius 1 is 0.654 bits per heavy atom. The largest absolute Gasteiger partial charge is 0.390 e. The maximum atomic E-state index is 14.2.